The van der Waals surface area contributed by atoms with Crippen LogP contribution in [0.15, 0.2) is 101 Å². The van der Waals surface area contributed by atoms with Crippen LogP contribution < -0.4 is 5.56 Å². The molecule has 6 nitrogen and oxygen atoms in total. The maximum absolute atomic E-state index is 13.8. The number of sulfonamides is 1. The molecule has 162 valence electrons. The summed E-state index contributed by atoms with van der Waals surface area (Å²) in [7, 11) is -3.97. The van der Waals surface area contributed by atoms with Crippen LogP contribution in [0.4, 0.5) is 0 Å². The Hall–Kier alpha value is -3.26. The van der Waals surface area contributed by atoms with E-state index in [1.54, 1.807) is 6.07 Å². The van der Waals surface area contributed by atoms with E-state index in [-0.39, 0.29) is 28.6 Å². The predicted molar refractivity (Wildman–Crippen MR) is 125 cm³/mol. The summed E-state index contributed by atoms with van der Waals surface area (Å²) < 4.78 is 28.9. The summed E-state index contributed by atoms with van der Waals surface area (Å²) in [6, 6.07) is 26.4. The highest BCUT2D eigenvalue weighted by atomic mass is 35.5. The molecule has 4 rings (SSSR count). The molecule has 0 aliphatic carbocycles. The quantitative estimate of drug-likeness (QED) is 0.436. The molecule has 0 unspecified atom stereocenters. The molecule has 0 aliphatic heterocycles. The first-order valence-corrected chi connectivity index (χ1v) is 11.7. The highest BCUT2D eigenvalue weighted by Crippen LogP contribution is 2.31. The van der Waals surface area contributed by atoms with Crippen molar-refractivity contribution in [3.63, 3.8) is 0 Å². The molecular formula is C24H20ClN3O3S. The average molecular weight is 466 g/mol. The van der Waals surface area contributed by atoms with Gasteiger partial charge in [-0.25, -0.2) is 13.5 Å². The smallest absolute Gasteiger partial charge is 0.264 e. The Bertz CT molecular complexity index is 1310. The fourth-order valence-electron chi connectivity index (χ4n) is 3.30. The number of nitrogens with one attached hydrogen (secondary N) is 1. The molecule has 1 heterocycles. The molecule has 0 bridgehead atoms. The van der Waals surface area contributed by atoms with Gasteiger partial charge in [0, 0.05) is 24.7 Å². The van der Waals surface area contributed by atoms with E-state index in [1.807, 2.05) is 60.7 Å². The van der Waals surface area contributed by atoms with Crippen molar-refractivity contribution in [1.29, 1.82) is 0 Å². The molecule has 0 amide bonds. The highest BCUT2D eigenvalue weighted by molar-refractivity contribution is 7.89. The number of nitrogens with zero attached hydrogens (tertiary/aromatic N) is 2. The first-order chi connectivity index (χ1) is 15.4. The topological polar surface area (TPSA) is 83.1 Å². The van der Waals surface area contributed by atoms with E-state index in [9.17, 15) is 13.2 Å². The van der Waals surface area contributed by atoms with E-state index in [1.165, 1.54) is 28.6 Å². The Morgan fingerprint density at radius 3 is 1.94 bits per heavy atom. The number of benzene rings is 3. The zero-order chi connectivity index (χ0) is 22.6. The third-order valence-corrected chi connectivity index (χ3v) is 7.20. The van der Waals surface area contributed by atoms with Crippen LogP contribution in [0.1, 0.15) is 11.1 Å². The van der Waals surface area contributed by atoms with Gasteiger partial charge in [-0.15, -0.1) is 0 Å². The summed E-state index contributed by atoms with van der Waals surface area (Å²) in [5.74, 6) is 0. The van der Waals surface area contributed by atoms with Gasteiger partial charge in [-0.05, 0) is 29.3 Å². The van der Waals surface area contributed by atoms with Gasteiger partial charge in [-0.1, -0.05) is 78.3 Å². The SMILES string of the molecule is O=c1ccc(-c2ccc(Cl)c(S(=O)(=O)N(Cc3ccccc3)Cc3ccccc3)c2)n[nH]1. The zero-order valence-corrected chi connectivity index (χ0v) is 18.6. The Kier molecular flexibility index (Phi) is 6.50. The van der Waals surface area contributed by atoms with E-state index < -0.39 is 10.0 Å². The van der Waals surface area contributed by atoms with Crippen molar-refractivity contribution in [3.05, 3.63) is 117 Å². The van der Waals surface area contributed by atoms with Crippen molar-refractivity contribution >= 4 is 21.6 Å². The second-order valence-corrected chi connectivity index (χ2v) is 9.51. The third-order valence-electron chi connectivity index (χ3n) is 4.93. The molecule has 4 aromatic rings. The zero-order valence-electron chi connectivity index (χ0n) is 17.0. The van der Waals surface area contributed by atoms with Crippen molar-refractivity contribution < 1.29 is 8.42 Å². The summed E-state index contributed by atoms with van der Waals surface area (Å²) in [6.07, 6.45) is 0. The monoisotopic (exact) mass is 465 g/mol. The first kappa shape index (κ1) is 22.0. The molecule has 0 spiro atoms. The molecule has 32 heavy (non-hydrogen) atoms. The molecule has 0 fully saturated rings. The summed E-state index contributed by atoms with van der Waals surface area (Å²) in [5.41, 5.74) is 2.36. The summed E-state index contributed by atoms with van der Waals surface area (Å²) >= 11 is 6.36. The van der Waals surface area contributed by atoms with Crippen LogP contribution in [0.2, 0.25) is 5.02 Å². The number of halogens is 1. The fourth-order valence-corrected chi connectivity index (χ4v) is 5.22. The van der Waals surface area contributed by atoms with E-state index >= 15 is 0 Å². The highest BCUT2D eigenvalue weighted by Gasteiger charge is 2.28. The number of aromatic amines is 1. The van der Waals surface area contributed by atoms with Crippen LogP contribution in [0.5, 0.6) is 0 Å². The van der Waals surface area contributed by atoms with Crippen molar-refractivity contribution in [2.75, 3.05) is 0 Å². The number of hydrogen-bond acceptors (Lipinski definition) is 4. The normalized spacial score (nSPS) is 11.6. The van der Waals surface area contributed by atoms with Crippen LogP contribution in [0.25, 0.3) is 11.3 Å². The van der Waals surface area contributed by atoms with Gasteiger partial charge >= 0.3 is 0 Å². The lowest BCUT2D eigenvalue weighted by atomic mass is 10.1. The maximum Gasteiger partial charge on any atom is 0.264 e. The molecule has 0 saturated heterocycles. The average Bonchev–Trinajstić information content (AvgIpc) is 2.81. The summed E-state index contributed by atoms with van der Waals surface area (Å²) in [4.78, 5) is 11.3. The van der Waals surface area contributed by atoms with Crippen molar-refractivity contribution in [2.24, 2.45) is 0 Å². The second kappa shape index (κ2) is 9.48. The summed E-state index contributed by atoms with van der Waals surface area (Å²) in [6.45, 7) is 0.380. The second-order valence-electron chi connectivity index (χ2n) is 7.20. The third kappa shape index (κ3) is 4.96. The number of rotatable bonds is 7. The van der Waals surface area contributed by atoms with Crippen LogP contribution in [0.3, 0.4) is 0 Å². The van der Waals surface area contributed by atoms with Gasteiger partial charge in [0.05, 0.1) is 10.7 Å². The molecule has 0 atom stereocenters. The van der Waals surface area contributed by atoms with Crippen LogP contribution >= 0.6 is 11.6 Å². The molecule has 3 aromatic carbocycles. The van der Waals surface area contributed by atoms with Gasteiger partial charge in [0.25, 0.3) is 5.56 Å². The van der Waals surface area contributed by atoms with Gasteiger partial charge in [0.1, 0.15) is 4.90 Å². The van der Waals surface area contributed by atoms with Crippen LogP contribution in [-0.2, 0) is 23.1 Å². The lowest BCUT2D eigenvalue weighted by Crippen LogP contribution is -2.30. The van der Waals surface area contributed by atoms with Gasteiger partial charge in [0.2, 0.25) is 10.0 Å². The van der Waals surface area contributed by atoms with Gasteiger partial charge in [-0.3, -0.25) is 4.79 Å². The summed E-state index contributed by atoms with van der Waals surface area (Å²) in [5, 5.41) is 6.47. The molecule has 0 aliphatic rings. The number of hydrogen-bond donors (Lipinski definition) is 1. The van der Waals surface area contributed by atoms with Crippen LogP contribution in [-0.4, -0.2) is 22.9 Å². The van der Waals surface area contributed by atoms with Gasteiger partial charge < -0.3 is 0 Å². The maximum atomic E-state index is 13.8. The largest absolute Gasteiger partial charge is 0.268 e. The Labute approximate surface area is 191 Å². The lowest BCUT2D eigenvalue weighted by Gasteiger charge is -2.23. The number of H-pyrrole nitrogens is 1. The van der Waals surface area contributed by atoms with E-state index in [0.29, 0.717) is 11.3 Å². The molecule has 1 N–H and O–H groups in total. The molecule has 8 heteroatoms. The standard InChI is InChI=1S/C24H20ClN3O3S/c25-21-12-11-20(22-13-14-24(29)27-26-22)15-23(21)32(30,31)28(16-18-7-3-1-4-8-18)17-19-9-5-2-6-10-19/h1-15H,16-17H2,(H,27,29). The molecule has 1 aromatic heterocycles. The number of aromatic nitrogens is 2. The Balaban J connectivity index is 1.76. The Morgan fingerprint density at radius 2 is 1.41 bits per heavy atom. The fraction of sp³-hybridized carbons (Fsp3) is 0.0833. The molecular weight excluding hydrogens is 446 g/mol. The van der Waals surface area contributed by atoms with E-state index in [2.05, 4.69) is 10.2 Å². The Morgan fingerprint density at radius 1 is 0.812 bits per heavy atom. The molecule has 0 radical (unpaired) electrons. The molecule has 0 saturated carbocycles. The van der Waals surface area contributed by atoms with Gasteiger partial charge in [-0.2, -0.15) is 9.40 Å². The van der Waals surface area contributed by atoms with Crippen molar-refractivity contribution in [3.8, 4) is 11.3 Å². The van der Waals surface area contributed by atoms with E-state index in [4.69, 9.17) is 11.6 Å². The minimum absolute atomic E-state index is 0.0171. The van der Waals surface area contributed by atoms with Crippen LogP contribution in [0, 0.1) is 0 Å². The van der Waals surface area contributed by atoms with E-state index in [0.717, 1.165) is 11.1 Å². The minimum atomic E-state index is -3.97. The van der Waals surface area contributed by atoms with Crippen molar-refractivity contribution in [1.82, 2.24) is 14.5 Å². The minimum Gasteiger partial charge on any atom is -0.268 e. The predicted octanol–water partition coefficient (Wildman–Crippen LogP) is 4.48. The van der Waals surface area contributed by atoms with Crippen molar-refractivity contribution in [2.45, 2.75) is 18.0 Å². The first-order valence-electron chi connectivity index (χ1n) is 9.87. The van der Waals surface area contributed by atoms with Gasteiger partial charge in [0.15, 0.2) is 0 Å². The lowest BCUT2D eigenvalue weighted by molar-refractivity contribution is 0.401.